The summed E-state index contributed by atoms with van der Waals surface area (Å²) in [6.45, 7) is 0. The van der Waals surface area contributed by atoms with E-state index in [4.69, 9.17) is 0 Å². The normalized spacial score (nSPS) is 30.0. The third-order valence-electron chi connectivity index (χ3n) is 0.333. The summed E-state index contributed by atoms with van der Waals surface area (Å²) < 4.78 is 1.59. The minimum absolute atomic E-state index is 0.0263. The fraction of sp³-hybridized carbons (Fsp3) is 1.00. The van der Waals surface area contributed by atoms with Gasteiger partial charge in [-0.25, -0.2) is 0 Å². The van der Waals surface area contributed by atoms with Crippen molar-refractivity contribution < 1.29 is 0 Å². The van der Waals surface area contributed by atoms with Crippen LogP contribution in [0, 0.1) is 0 Å². The molecule has 1 heterocycles. The predicted octanol–water partition coefficient (Wildman–Crippen LogP) is 0.423. The molecule has 1 fully saturated rings. The first-order chi connectivity index (χ1) is 2.00. The Morgan fingerprint density at radius 2 is 2.00 bits per heavy atom. The van der Waals surface area contributed by atoms with Gasteiger partial charge < -0.3 is 0 Å². The van der Waals surface area contributed by atoms with Crippen LogP contribution >= 0.6 is 18.8 Å². The van der Waals surface area contributed by atoms with Gasteiger partial charge in [0.15, 0.2) is 0 Å². The standard InChI is InChI=1S/CH3S2.Sn.2H/c1-3-2;;;/h2H,1H2;;;/q;+1;;/p-1. The van der Waals surface area contributed by atoms with Crippen molar-refractivity contribution in [3.63, 3.8) is 0 Å². The SMILES string of the molecule is [CH2]1S[S][SnH2]1. The Morgan fingerprint density at radius 1 is 1.75 bits per heavy atom. The third kappa shape index (κ3) is 0.722. The Morgan fingerprint density at radius 3 is 2.00 bits per heavy atom. The Balaban J connectivity index is 2.00. The van der Waals surface area contributed by atoms with Gasteiger partial charge in [-0.1, -0.05) is 0 Å². The van der Waals surface area contributed by atoms with E-state index >= 15 is 0 Å². The van der Waals surface area contributed by atoms with Crippen LogP contribution in [-0.4, -0.2) is 23.5 Å². The maximum atomic E-state index is 2.16. The zero-order valence-electron chi connectivity index (χ0n) is 2.23. The molecule has 3 heteroatoms. The molecule has 0 bridgehead atoms. The van der Waals surface area contributed by atoms with Gasteiger partial charge in [-0.3, -0.25) is 0 Å². The summed E-state index contributed by atoms with van der Waals surface area (Å²) in [6.07, 6.45) is 0. The molecule has 4 heavy (non-hydrogen) atoms. The Bertz CT molecular complexity index is 14.0. The second-order valence-electron chi connectivity index (χ2n) is 0.644. The molecule has 1 rings (SSSR count). The van der Waals surface area contributed by atoms with Crippen LogP contribution in [-0.2, 0) is 0 Å². The summed E-state index contributed by atoms with van der Waals surface area (Å²) in [4.78, 5) is 0. The van der Waals surface area contributed by atoms with E-state index in [1.807, 2.05) is 10.8 Å². The zero-order valence-corrected chi connectivity index (χ0v) is 7.90. The van der Waals surface area contributed by atoms with E-state index in [0.717, 1.165) is 0 Å². The molecule has 0 spiro atoms. The van der Waals surface area contributed by atoms with Crippen LogP contribution in [0.5, 0.6) is 0 Å². The fourth-order valence-electron chi connectivity index (χ4n) is 0.0833. The van der Waals surface area contributed by atoms with Crippen molar-refractivity contribution >= 4 is 38.5 Å². The van der Waals surface area contributed by atoms with Gasteiger partial charge >= 0.3 is 42.3 Å². The van der Waals surface area contributed by atoms with Crippen molar-refractivity contribution in [3.8, 4) is 0 Å². The Labute approximate surface area is 42.2 Å². The zero-order chi connectivity index (χ0) is 2.83. The van der Waals surface area contributed by atoms with E-state index in [2.05, 4.69) is 7.98 Å². The molecular weight excluding hydrogens is 195 g/mol. The number of rotatable bonds is 0. The molecule has 0 saturated carbocycles. The predicted molar refractivity (Wildman–Crippen MR) is 28.6 cm³/mol. The van der Waals surface area contributed by atoms with Gasteiger partial charge in [-0.05, 0) is 0 Å². The topological polar surface area (TPSA) is 0 Å². The molecule has 24 valence electrons. The molecule has 0 atom stereocenters. The summed E-state index contributed by atoms with van der Waals surface area (Å²) in [5.74, 6) is 0. The quantitative estimate of drug-likeness (QED) is 0.409. The van der Waals surface area contributed by atoms with Crippen LogP contribution in [0.2, 0.25) is 0 Å². The van der Waals surface area contributed by atoms with Gasteiger partial charge in [0.05, 0.1) is 0 Å². The van der Waals surface area contributed by atoms with Crippen molar-refractivity contribution in [2.24, 2.45) is 0 Å². The van der Waals surface area contributed by atoms with Gasteiger partial charge in [-0.2, -0.15) is 0 Å². The average molecular weight is 199 g/mol. The first kappa shape index (κ1) is 3.68. The monoisotopic (exact) mass is 200 g/mol. The van der Waals surface area contributed by atoms with E-state index in [0.29, 0.717) is 0 Å². The summed E-state index contributed by atoms with van der Waals surface area (Å²) in [5, 5.41) is 0. The molecule has 1 aliphatic heterocycles. The van der Waals surface area contributed by atoms with Crippen LogP contribution in [0.25, 0.3) is 0 Å². The van der Waals surface area contributed by atoms with Crippen molar-refractivity contribution in [2.75, 3.05) is 3.77 Å². The van der Waals surface area contributed by atoms with Crippen LogP contribution in [0.3, 0.4) is 0 Å². The molecule has 0 radical (unpaired) electrons. The van der Waals surface area contributed by atoms with Gasteiger partial charge in [0, 0.05) is 0 Å². The van der Waals surface area contributed by atoms with Gasteiger partial charge in [0.1, 0.15) is 0 Å². The minimum atomic E-state index is 0.0263. The first-order valence-corrected chi connectivity index (χ1v) is 11.5. The molecule has 0 aliphatic carbocycles. The van der Waals surface area contributed by atoms with E-state index in [1.165, 1.54) is 0 Å². The van der Waals surface area contributed by atoms with Crippen molar-refractivity contribution in [1.29, 1.82) is 0 Å². The summed E-state index contributed by atoms with van der Waals surface area (Å²) in [7, 11) is 4.21. The van der Waals surface area contributed by atoms with Crippen LogP contribution in [0.1, 0.15) is 0 Å². The Kier molecular flexibility index (Phi) is 1.68. The summed E-state index contributed by atoms with van der Waals surface area (Å²) in [5.41, 5.74) is 0. The van der Waals surface area contributed by atoms with Crippen LogP contribution in [0.4, 0.5) is 0 Å². The van der Waals surface area contributed by atoms with Crippen molar-refractivity contribution in [2.45, 2.75) is 0 Å². The maximum absolute atomic E-state index is 2.16. The molecule has 0 aromatic carbocycles. The second kappa shape index (κ2) is 1.82. The summed E-state index contributed by atoms with van der Waals surface area (Å²) in [6, 6.07) is 0. The van der Waals surface area contributed by atoms with Crippen LogP contribution in [0.15, 0.2) is 0 Å². The van der Waals surface area contributed by atoms with E-state index < -0.39 is 0 Å². The molecular formula is CH4S2Sn. The molecule has 0 nitrogen and oxygen atoms in total. The first-order valence-electron chi connectivity index (χ1n) is 1.24. The molecule has 0 amide bonds. The van der Waals surface area contributed by atoms with E-state index in [1.54, 1.807) is 3.77 Å². The average Bonchev–Trinajstić information content (AvgIpc) is 0.722. The molecule has 0 N–H and O–H groups in total. The van der Waals surface area contributed by atoms with Gasteiger partial charge in [0.25, 0.3) is 0 Å². The molecule has 0 aromatic rings. The number of hydrogen-bond donors (Lipinski definition) is 0. The van der Waals surface area contributed by atoms with Gasteiger partial charge in [0.2, 0.25) is 0 Å². The van der Waals surface area contributed by atoms with E-state index in [-0.39, 0.29) is 19.8 Å². The third-order valence-corrected chi connectivity index (χ3v) is 20.1. The van der Waals surface area contributed by atoms with Crippen LogP contribution < -0.4 is 0 Å². The van der Waals surface area contributed by atoms with E-state index in [9.17, 15) is 0 Å². The van der Waals surface area contributed by atoms with Crippen molar-refractivity contribution in [1.82, 2.24) is 0 Å². The molecule has 0 unspecified atom stereocenters. The second-order valence-corrected chi connectivity index (χ2v) is 16.4. The Hall–Kier alpha value is 1.50. The molecule has 1 aliphatic rings. The fourth-order valence-corrected chi connectivity index (χ4v) is 5.03. The van der Waals surface area contributed by atoms with Gasteiger partial charge in [-0.15, -0.1) is 0 Å². The number of hydrogen-bond acceptors (Lipinski definition) is 2. The summed E-state index contributed by atoms with van der Waals surface area (Å²) >= 11 is 0.0263. The molecule has 1 saturated heterocycles. The molecule has 0 aromatic heterocycles. The van der Waals surface area contributed by atoms with Crippen molar-refractivity contribution in [3.05, 3.63) is 0 Å².